The first kappa shape index (κ1) is 15.0. The monoisotopic (exact) mass is 323 g/mol. The van der Waals surface area contributed by atoms with E-state index in [1.54, 1.807) is 12.3 Å². The molecule has 22 heavy (non-hydrogen) atoms. The van der Waals surface area contributed by atoms with E-state index >= 15 is 0 Å². The number of carboxylic acid groups (broad SMARTS) is 1. The summed E-state index contributed by atoms with van der Waals surface area (Å²) in [5, 5.41) is 9.33. The van der Waals surface area contributed by atoms with Crippen molar-refractivity contribution in [3.63, 3.8) is 0 Å². The highest BCUT2D eigenvalue weighted by Gasteiger charge is 2.54. The molecule has 0 atom stereocenters. The topological polar surface area (TPSA) is 90.8 Å². The molecule has 0 aromatic carbocycles. The third-order valence-electron chi connectivity index (χ3n) is 4.24. The van der Waals surface area contributed by atoms with Crippen LogP contribution in [0, 0.1) is 5.41 Å². The number of hydrogen-bond acceptors (Lipinski definition) is 4. The van der Waals surface area contributed by atoms with Crippen molar-refractivity contribution >= 4 is 22.0 Å². The van der Waals surface area contributed by atoms with E-state index in [9.17, 15) is 18.3 Å². The highest BCUT2D eigenvalue weighted by molar-refractivity contribution is 7.90. The normalized spacial score (nSPS) is 20.3. The summed E-state index contributed by atoms with van der Waals surface area (Å²) in [6, 6.07) is 3.63. The van der Waals surface area contributed by atoms with Crippen LogP contribution in [-0.2, 0) is 21.4 Å². The van der Waals surface area contributed by atoms with Crippen molar-refractivity contribution in [2.75, 3.05) is 23.9 Å². The second-order valence-electron chi connectivity index (χ2n) is 5.66. The van der Waals surface area contributed by atoms with Gasteiger partial charge in [0, 0.05) is 25.8 Å². The van der Waals surface area contributed by atoms with E-state index in [2.05, 4.69) is 11.6 Å². The van der Waals surface area contributed by atoms with Gasteiger partial charge in [0.05, 0.1) is 5.41 Å². The van der Waals surface area contributed by atoms with Crippen LogP contribution in [0.15, 0.2) is 31.0 Å². The predicted octanol–water partition coefficient (Wildman–Crippen LogP) is 0.652. The maximum atomic E-state index is 12.7. The van der Waals surface area contributed by atoms with E-state index in [0.29, 0.717) is 18.8 Å². The summed E-state index contributed by atoms with van der Waals surface area (Å²) in [4.78, 5) is 15.5. The third kappa shape index (κ3) is 2.10. The van der Waals surface area contributed by atoms with Crippen LogP contribution in [0.5, 0.6) is 0 Å². The van der Waals surface area contributed by atoms with Crippen molar-refractivity contribution in [2.45, 2.75) is 12.8 Å². The molecule has 8 heteroatoms. The molecule has 0 unspecified atom stereocenters. The Morgan fingerprint density at radius 3 is 2.86 bits per heavy atom. The summed E-state index contributed by atoms with van der Waals surface area (Å²) in [6.07, 6.45) is 3.95. The van der Waals surface area contributed by atoms with Gasteiger partial charge in [0.1, 0.15) is 5.82 Å². The molecule has 1 aromatic rings. The number of rotatable bonds is 5. The standard InChI is InChI=1S/C14H17N3O4S/c1-2-6-14(13(18)19)9-16(10-14)22(20,21)17-8-5-11-4-3-7-15-12(11)17/h2-4,7H,1,5-6,8-10H2,(H,18,19). The number of aromatic nitrogens is 1. The molecule has 1 N–H and O–H groups in total. The Balaban J connectivity index is 1.82. The van der Waals surface area contributed by atoms with Gasteiger partial charge in [-0.05, 0) is 24.5 Å². The highest BCUT2D eigenvalue weighted by Crippen LogP contribution is 2.39. The van der Waals surface area contributed by atoms with Crippen LogP contribution >= 0.6 is 0 Å². The second-order valence-corrected chi connectivity index (χ2v) is 7.52. The zero-order valence-electron chi connectivity index (χ0n) is 12.0. The van der Waals surface area contributed by atoms with Gasteiger partial charge in [0.25, 0.3) is 0 Å². The van der Waals surface area contributed by atoms with Gasteiger partial charge in [0.2, 0.25) is 0 Å². The first-order valence-corrected chi connectivity index (χ1v) is 8.36. The van der Waals surface area contributed by atoms with Crippen molar-refractivity contribution in [3.8, 4) is 0 Å². The predicted molar refractivity (Wildman–Crippen MR) is 80.7 cm³/mol. The Bertz CT molecular complexity index is 725. The Morgan fingerprint density at radius 2 is 2.23 bits per heavy atom. The molecule has 3 heterocycles. The Labute approximate surface area is 129 Å². The number of pyridine rings is 1. The fourth-order valence-electron chi connectivity index (χ4n) is 2.96. The highest BCUT2D eigenvalue weighted by atomic mass is 32.2. The van der Waals surface area contributed by atoms with Crippen LogP contribution in [0.3, 0.4) is 0 Å². The van der Waals surface area contributed by atoms with Crippen LogP contribution in [0.4, 0.5) is 5.82 Å². The summed E-state index contributed by atoms with van der Waals surface area (Å²) in [7, 11) is -3.73. The molecule has 1 saturated heterocycles. The van der Waals surface area contributed by atoms with Crippen LogP contribution in [0.1, 0.15) is 12.0 Å². The third-order valence-corrected chi connectivity index (χ3v) is 6.06. The molecule has 1 fully saturated rings. The fourth-order valence-corrected chi connectivity index (χ4v) is 4.77. The number of fused-ring (bicyclic) bond motifs is 1. The molecule has 118 valence electrons. The van der Waals surface area contributed by atoms with Gasteiger partial charge in [-0.1, -0.05) is 12.1 Å². The molecule has 0 amide bonds. The van der Waals surface area contributed by atoms with E-state index in [0.717, 1.165) is 5.56 Å². The SMILES string of the molecule is C=CCC1(C(=O)O)CN(S(=O)(=O)N2CCc3cccnc32)C1. The summed E-state index contributed by atoms with van der Waals surface area (Å²) in [6.45, 7) is 3.83. The van der Waals surface area contributed by atoms with Crippen molar-refractivity contribution in [2.24, 2.45) is 5.41 Å². The van der Waals surface area contributed by atoms with Crippen LogP contribution in [0.25, 0.3) is 0 Å². The van der Waals surface area contributed by atoms with Crippen LogP contribution in [0.2, 0.25) is 0 Å². The van der Waals surface area contributed by atoms with Crippen molar-refractivity contribution in [1.29, 1.82) is 0 Å². The average molecular weight is 323 g/mol. The molecular weight excluding hydrogens is 306 g/mol. The van der Waals surface area contributed by atoms with Crippen molar-refractivity contribution < 1.29 is 18.3 Å². The van der Waals surface area contributed by atoms with Gasteiger partial charge in [0.15, 0.2) is 0 Å². The molecule has 0 saturated carbocycles. The first-order chi connectivity index (χ1) is 10.4. The quantitative estimate of drug-likeness (QED) is 0.804. The molecule has 0 spiro atoms. The number of carbonyl (C=O) groups is 1. The summed E-state index contributed by atoms with van der Waals surface area (Å²) in [5.41, 5.74) is -0.163. The van der Waals surface area contributed by atoms with E-state index in [4.69, 9.17) is 0 Å². The molecule has 3 rings (SSSR count). The Hall–Kier alpha value is -1.93. The van der Waals surface area contributed by atoms with E-state index in [-0.39, 0.29) is 19.5 Å². The molecule has 2 aliphatic rings. The molecule has 0 bridgehead atoms. The second kappa shape index (κ2) is 5.06. The lowest BCUT2D eigenvalue weighted by atomic mass is 9.79. The van der Waals surface area contributed by atoms with Gasteiger partial charge in [-0.3, -0.25) is 4.79 Å². The summed E-state index contributed by atoms with van der Waals surface area (Å²) >= 11 is 0. The van der Waals surface area contributed by atoms with Gasteiger partial charge in [-0.15, -0.1) is 6.58 Å². The molecule has 7 nitrogen and oxygen atoms in total. The molecule has 0 radical (unpaired) electrons. The minimum Gasteiger partial charge on any atom is -0.481 e. The lowest BCUT2D eigenvalue weighted by molar-refractivity contribution is -0.155. The minimum absolute atomic E-state index is 0.0324. The molecule has 2 aliphatic heterocycles. The zero-order valence-corrected chi connectivity index (χ0v) is 12.8. The maximum absolute atomic E-state index is 12.7. The number of aliphatic carboxylic acids is 1. The van der Waals surface area contributed by atoms with Gasteiger partial charge < -0.3 is 5.11 Å². The summed E-state index contributed by atoms with van der Waals surface area (Å²) in [5.74, 6) is -0.544. The lowest BCUT2D eigenvalue weighted by Gasteiger charge is -2.46. The van der Waals surface area contributed by atoms with E-state index < -0.39 is 21.6 Å². The number of anilines is 1. The Kier molecular flexibility index (Phi) is 3.45. The van der Waals surface area contributed by atoms with Gasteiger partial charge in [-0.2, -0.15) is 12.7 Å². The lowest BCUT2D eigenvalue weighted by Crippen LogP contribution is -2.64. The number of nitrogens with zero attached hydrogens (tertiary/aromatic N) is 3. The largest absolute Gasteiger partial charge is 0.481 e. The molecular formula is C14H17N3O4S. The van der Waals surface area contributed by atoms with E-state index in [1.807, 2.05) is 6.07 Å². The van der Waals surface area contributed by atoms with Crippen LogP contribution < -0.4 is 4.31 Å². The maximum Gasteiger partial charge on any atom is 0.312 e. The average Bonchev–Trinajstić information content (AvgIpc) is 2.86. The van der Waals surface area contributed by atoms with Gasteiger partial charge in [-0.25, -0.2) is 9.29 Å². The number of carboxylic acids is 1. The van der Waals surface area contributed by atoms with Crippen molar-refractivity contribution in [1.82, 2.24) is 9.29 Å². The van der Waals surface area contributed by atoms with Crippen LogP contribution in [-0.4, -0.2) is 48.4 Å². The number of allylic oxidation sites excluding steroid dienone is 1. The number of hydrogen-bond donors (Lipinski definition) is 1. The minimum atomic E-state index is -3.73. The van der Waals surface area contributed by atoms with Gasteiger partial charge >= 0.3 is 16.2 Å². The fraction of sp³-hybridized carbons (Fsp3) is 0.429. The molecule has 1 aromatic heterocycles. The Morgan fingerprint density at radius 1 is 1.50 bits per heavy atom. The zero-order chi connectivity index (χ0) is 16.0. The smallest absolute Gasteiger partial charge is 0.312 e. The summed E-state index contributed by atoms with van der Waals surface area (Å²) < 4.78 is 27.8. The van der Waals surface area contributed by atoms with Crippen molar-refractivity contribution in [3.05, 3.63) is 36.5 Å². The van der Waals surface area contributed by atoms with E-state index in [1.165, 1.54) is 14.7 Å². The first-order valence-electron chi connectivity index (χ1n) is 6.97. The molecule has 0 aliphatic carbocycles.